The first kappa shape index (κ1) is 22.3. The van der Waals surface area contributed by atoms with Crippen LogP contribution in [0, 0.1) is 5.82 Å². The van der Waals surface area contributed by atoms with Gasteiger partial charge >= 0.3 is 0 Å². The molecule has 0 bridgehead atoms. The summed E-state index contributed by atoms with van der Waals surface area (Å²) in [5.41, 5.74) is 2.03. The zero-order valence-corrected chi connectivity index (χ0v) is 18.5. The van der Waals surface area contributed by atoms with Crippen molar-refractivity contribution in [2.24, 2.45) is 4.99 Å². The number of nitrogens with one attached hydrogen (secondary N) is 1. The van der Waals surface area contributed by atoms with Gasteiger partial charge in [-0.25, -0.2) is 9.38 Å². The van der Waals surface area contributed by atoms with Crippen molar-refractivity contribution in [1.29, 1.82) is 0 Å². The minimum absolute atomic E-state index is 0. The summed E-state index contributed by atoms with van der Waals surface area (Å²) >= 11 is 0. The molecule has 1 unspecified atom stereocenters. The van der Waals surface area contributed by atoms with Gasteiger partial charge in [-0.05, 0) is 48.7 Å². The van der Waals surface area contributed by atoms with Crippen LogP contribution in [0.2, 0.25) is 0 Å². The van der Waals surface area contributed by atoms with E-state index < -0.39 is 5.82 Å². The maximum atomic E-state index is 13.5. The number of aromatic hydroxyl groups is 1. The number of aliphatic imine (C=N–C) groups is 1. The van der Waals surface area contributed by atoms with Crippen molar-refractivity contribution in [3.8, 4) is 11.5 Å². The molecule has 2 N–H and O–H groups in total. The zero-order chi connectivity index (χ0) is 19.2. The van der Waals surface area contributed by atoms with Crippen molar-refractivity contribution in [3.05, 3.63) is 59.4 Å². The number of hydrogen-bond acceptors (Lipinski definition) is 3. The summed E-state index contributed by atoms with van der Waals surface area (Å²) in [6.07, 6.45) is 1.06. The van der Waals surface area contributed by atoms with E-state index in [1.165, 1.54) is 17.7 Å². The SMILES string of the molecule is CCNC(=NCc1ccc(O)c(F)c1)N1CCC(c2ccc(OC)cc2)C1.I. The highest BCUT2D eigenvalue weighted by atomic mass is 127. The fourth-order valence-corrected chi connectivity index (χ4v) is 3.34. The summed E-state index contributed by atoms with van der Waals surface area (Å²) in [6, 6.07) is 12.6. The number of hydrogen-bond donors (Lipinski definition) is 2. The molecule has 5 nitrogen and oxygen atoms in total. The van der Waals surface area contributed by atoms with Crippen LogP contribution in [0.1, 0.15) is 30.4 Å². The second-order valence-electron chi connectivity index (χ2n) is 6.66. The van der Waals surface area contributed by atoms with E-state index in [4.69, 9.17) is 4.74 Å². The van der Waals surface area contributed by atoms with Gasteiger partial charge in [-0.3, -0.25) is 0 Å². The number of benzene rings is 2. The molecule has 152 valence electrons. The highest BCUT2D eigenvalue weighted by Crippen LogP contribution is 2.28. The molecule has 2 aromatic rings. The normalized spacial score (nSPS) is 16.6. The summed E-state index contributed by atoms with van der Waals surface area (Å²) in [6.45, 7) is 4.98. The van der Waals surface area contributed by atoms with Crippen LogP contribution in [0.3, 0.4) is 0 Å². The highest BCUT2D eigenvalue weighted by Gasteiger charge is 2.26. The van der Waals surface area contributed by atoms with Gasteiger partial charge in [0.15, 0.2) is 17.5 Å². The molecule has 28 heavy (non-hydrogen) atoms. The van der Waals surface area contributed by atoms with Crippen LogP contribution in [0.5, 0.6) is 11.5 Å². The van der Waals surface area contributed by atoms with Gasteiger partial charge in [-0.15, -0.1) is 24.0 Å². The number of phenols is 1. The van der Waals surface area contributed by atoms with E-state index >= 15 is 0 Å². The van der Waals surface area contributed by atoms with Gasteiger partial charge in [0.2, 0.25) is 0 Å². The van der Waals surface area contributed by atoms with Crippen molar-refractivity contribution in [2.45, 2.75) is 25.8 Å². The van der Waals surface area contributed by atoms with Gasteiger partial charge in [0.1, 0.15) is 5.75 Å². The van der Waals surface area contributed by atoms with E-state index in [1.54, 1.807) is 13.2 Å². The lowest BCUT2D eigenvalue weighted by Crippen LogP contribution is -2.40. The largest absolute Gasteiger partial charge is 0.505 e. The van der Waals surface area contributed by atoms with Gasteiger partial charge in [0.05, 0.1) is 13.7 Å². The Kier molecular flexibility index (Phi) is 8.35. The number of methoxy groups -OCH3 is 1. The number of ether oxygens (including phenoxy) is 1. The molecule has 0 saturated carbocycles. The number of nitrogens with zero attached hydrogens (tertiary/aromatic N) is 2. The molecule has 1 atom stereocenters. The molecular weight excluding hydrogens is 472 g/mol. The number of phenolic OH excluding ortho intramolecular Hbond substituents is 1. The first-order chi connectivity index (χ1) is 13.1. The third-order valence-electron chi connectivity index (χ3n) is 4.83. The molecule has 1 aliphatic heterocycles. The topological polar surface area (TPSA) is 57.1 Å². The predicted molar refractivity (Wildman–Crippen MR) is 120 cm³/mol. The summed E-state index contributed by atoms with van der Waals surface area (Å²) in [7, 11) is 1.67. The van der Waals surface area contributed by atoms with Crippen molar-refractivity contribution < 1.29 is 14.2 Å². The molecule has 0 aromatic heterocycles. The smallest absolute Gasteiger partial charge is 0.194 e. The monoisotopic (exact) mass is 499 g/mol. The summed E-state index contributed by atoms with van der Waals surface area (Å²) < 4.78 is 18.7. The van der Waals surface area contributed by atoms with Crippen molar-refractivity contribution >= 4 is 29.9 Å². The Labute approximate surface area is 182 Å². The fraction of sp³-hybridized carbons (Fsp3) is 0.381. The molecule has 0 radical (unpaired) electrons. The molecule has 2 aromatic carbocycles. The van der Waals surface area contributed by atoms with Gasteiger partial charge in [-0.2, -0.15) is 0 Å². The van der Waals surface area contributed by atoms with E-state index in [1.807, 2.05) is 19.1 Å². The third-order valence-corrected chi connectivity index (χ3v) is 4.83. The zero-order valence-electron chi connectivity index (χ0n) is 16.2. The number of rotatable bonds is 5. The van der Waals surface area contributed by atoms with E-state index in [0.717, 1.165) is 43.3 Å². The lowest BCUT2D eigenvalue weighted by Gasteiger charge is -2.22. The van der Waals surface area contributed by atoms with E-state index in [0.29, 0.717) is 12.5 Å². The van der Waals surface area contributed by atoms with Crippen LogP contribution in [0.25, 0.3) is 0 Å². The maximum absolute atomic E-state index is 13.5. The average Bonchev–Trinajstić information content (AvgIpc) is 3.18. The third kappa shape index (κ3) is 5.50. The van der Waals surface area contributed by atoms with Crippen molar-refractivity contribution in [2.75, 3.05) is 26.7 Å². The van der Waals surface area contributed by atoms with E-state index in [-0.39, 0.29) is 29.7 Å². The first-order valence-corrected chi connectivity index (χ1v) is 9.25. The Balaban J connectivity index is 0.00000280. The van der Waals surface area contributed by atoms with Crippen LogP contribution < -0.4 is 10.1 Å². The van der Waals surface area contributed by atoms with Crippen molar-refractivity contribution in [3.63, 3.8) is 0 Å². The fourth-order valence-electron chi connectivity index (χ4n) is 3.34. The van der Waals surface area contributed by atoms with Crippen LogP contribution in [-0.4, -0.2) is 42.7 Å². The maximum Gasteiger partial charge on any atom is 0.194 e. The molecule has 1 heterocycles. The Morgan fingerprint density at radius 3 is 2.68 bits per heavy atom. The number of guanidine groups is 1. The lowest BCUT2D eigenvalue weighted by atomic mass is 9.98. The highest BCUT2D eigenvalue weighted by molar-refractivity contribution is 14.0. The molecule has 0 amide bonds. The number of likely N-dealkylation sites (tertiary alicyclic amines) is 1. The van der Waals surface area contributed by atoms with Gasteiger partial charge < -0.3 is 20.1 Å². The Morgan fingerprint density at radius 2 is 2.04 bits per heavy atom. The average molecular weight is 499 g/mol. The molecule has 1 aliphatic rings. The lowest BCUT2D eigenvalue weighted by molar-refractivity contribution is 0.414. The Morgan fingerprint density at radius 1 is 1.29 bits per heavy atom. The van der Waals surface area contributed by atoms with Crippen LogP contribution in [0.4, 0.5) is 4.39 Å². The summed E-state index contributed by atoms with van der Waals surface area (Å²) in [5.74, 6) is 1.20. The minimum Gasteiger partial charge on any atom is -0.505 e. The quantitative estimate of drug-likeness (QED) is 0.370. The Bertz CT molecular complexity index is 799. The van der Waals surface area contributed by atoms with E-state index in [9.17, 15) is 9.50 Å². The van der Waals surface area contributed by atoms with Gasteiger partial charge in [-0.1, -0.05) is 18.2 Å². The predicted octanol–water partition coefficient (Wildman–Crippen LogP) is 4.11. The molecular formula is C21H27FIN3O2. The van der Waals surface area contributed by atoms with Gasteiger partial charge in [0, 0.05) is 25.6 Å². The first-order valence-electron chi connectivity index (χ1n) is 9.25. The molecule has 1 fully saturated rings. The second-order valence-corrected chi connectivity index (χ2v) is 6.66. The van der Waals surface area contributed by atoms with Crippen LogP contribution in [0.15, 0.2) is 47.5 Å². The summed E-state index contributed by atoms with van der Waals surface area (Å²) in [4.78, 5) is 6.90. The minimum atomic E-state index is -0.617. The molecule has 7 heteroatoms. The number of halogens is 2. The standard InChI is InChI=1S/C21H26FN3O2.HI/c1-3-23-21(24-13-15-4-9-20(26)19(22)12-15)25-11-10-17(14-25)16-5-7-18(27-2)8-6-16;/h4-9,12,17,26H,3,10-11,13-14H2,1-2H3,(H,23,24);1H. The Hall–Kier alpha value is -2.03. The van der Waals surface area contributed by atoms with Crippen molar-refractivity contribution in [1.82, 2.24) is 10.2 Å². The molecule has 1 saturated heterocycles. The molecule has 0 aliphatic carbocycles. The van der Waals surface area contributed by atoms with Crippen LogP contribution in [-0.2, 0) is 6.54 Å². The van der Waals surface area contributed by atoms with Crippen LogP contribution >= 0.6 is 24.0 Å². The van der Waals surface area contributed by atoms with Gasteiger partial charge in [0.25, 0.3) is 0 Å². The molecule has 3 rings (SSSR count). The summed E-state index contributed by atoms with van der Waals surface area (Å²) in [5, 5.41) is 12.6. The second kappa shape index (κ2) is 10.5. The van der Waals surface area contributed by atoms with E-state index in [2.05, 4.69) is 27.3 Å². The molecule has 0 spiro atoms.